The van der Waals surface area contributed by atoms with Gasteiger partial charge in [0.05, 0.1) is 0 Å². The molecule has 1 rings (SSSR count). The first-order chi connectivity index (χ1) is 7.32. The third-order valence-corrected chi connectivity index (χ3v) is 1.89. The average Bonchev–Trinajstić information content (AvgIpc) is 2.16. The van der Waals surface area contributed by atoms with Crippen molar-refractivity contribution in [1.29, 1.82) is 0 Å². The van der Waals surface area contributed by atoms with Gasteiger partial charge in [-0.05, 0) is 22.0 Å². The van der Waals surface area contributed by atoms with E-state index in [4.69, 9.17) is 0 Å². The molecule has 0 radical (unpaired) electrons. The van der Waals surface area contributed by atoms with Crippen LogP contribution in [0.4, 0.5) is 11.5 Å². The second-order valence-corrected chi connectivity index (χ2v) is 4.34. The number of nitrogens with zero attached hydrogens (tertiary/aromatic N) is 2. The lowest BCUT2D eigenvalue weighted by atomic mass is 9.95. The van der Waals surface area contributed by atoms with Crippen LogP contribution in [0, 0.1) is 15.5 Å². The summed E-state index contributed by atoms with van der Waals surface area (Å²) in [5.41, 5.74) is -0.489. The Morgan fingerprint density at radius 2 is 2.12 bits per heavy atom. The lowest BCUT2D eigenvalue weighted by Gasteiger charge is -2.17. The summed E-state index contributed by atoms with van der Waals surface area (Å²) in [7, 11) is 0. The molecule has 0 atom stereocenters. The van der Waals surface area contributed by atoms with E-state index in [-0.39, 0.29) is 17.4 Å². The van der Waals surface area contributed by atoms with E-state index in [1.54, 1.807) is 20.8 Å². The number of rotatable bonds is 2. The lowest BCUT2D eigenvalue weighted by molar-refractivity contribution is -0.388. The topological polar surface area (TPSA) is 85.1 Å². The monoisotopic (exact) mass is 223 g/mol. The predicted octanol–water partition coefficient (Wildman–Crippen LogP) is 1.97. The first-order valence-corrected chi connectivity index (χ1v) is 4.73. The van der Waals surface area contributed by atoms with Gasteiger partial charge in [0, 0.05) is 5.41 Å². The molecule has 0 spiro atoms. The zero-order valence-corrected chi connectivity index (χ0v) is 9.35. The summed E-state index contributed by atoms with van der Waals surface area (Å²) in [5, 5.41) is 13.1. The van der Waals surface area contributed by atoms with Crippen molar-refractivity contribution in [2.75, 3.05) is 5.32 Å². The molecule has 0 saturated carbocycles. The number of amides is 1. The van der Waals surface area contributed by atoms with Crippen LogP contribution in [0.15, 0.2) is 18.3 Å². The molecule has 1 amide bonds. The highest BCUT2D eigenvalue weighted by Gasteiger charge is 2.24. The van der Waals surface area contributed by atoms with Gasteiger partial charge in [-0.25, -0.2) is 0 Å². The second-order valence-electron chi connectivity index (χ2n) is 4.34. The molecule has 16 heavy (non-hydrogen) atoms. The van der Waals surface area contributed by atoms with Gasteiger partial charge in [-0.2, -0.15) is 0 Å². The molecule has 0 aromatic carbocycles. The zero-order chi connectivity index (χ0) is 12.3. The number of nitro groups is 1. The Hall–Kier alpha value is -1.98. The molecule has 0 unspecified atom stereocenters. The molecule has 1 aromatic heterocycles. The Labute approximate surface area is 92.8 Å². The maximum absolute atomic E-state index is 11.6. The highest BCUT2D eigenvalue weighted by atomic mass is 16.6. The normalized spacial score (nSPS) is 10.9. The minimum absolute atomic E-state index is 0.118. The third-order valence-electron chi connectivity index (χ3n) is 1.89. The van der Waals surface area contributed by atoms with Gasteiger partial charge in [-0.3, -0.25) is 4.79 Å². The van der Waals surface area contributed by atoms with E-state index < -0.39 is 10.3 Å². The first-order valence-electron chi connectivity index (χ1n) is 4.73. The minimum Gasteiger partial charge on any atom is -0.358 e. The Bertz CT molecular complexity index is 424. The van der Waals surface area contributed by atoms with Crippen LogP contribution in [-0.2, 0) is 4.79 Å². The summed E-state index contributed by atoms with van der Waals surface area (Å²) < 4.78 is 0. The molecule has 0 aliphatic heterocycles. The molecule has 6 nitrogen and oxygen atoms in total. The molecule has 0 aliphatic carbocycles. The number of pyridine rings is 1. The van der Waals surface area contributed by atoms with E-state index in [2.05, 4.69) is 10.3 Å². The van der Waals surface area contributed by atoms with Gasteiger partial charge in [0.15, 0.2) is 0 Å². The summed E-state index contributed by atoms with van der Waals surface area (Å²) in [4.78, 5) is 25.3. The number of hydrogen-bond acceptors (Lipinski definition) is 4. The number of anilines is 1. The van der Waals surface area contributed by atoms with Crippen LogP contribution in [0.2, 0.25) is 0 Å². The van der Waals surface area contributed by atoms with Crippen molar-refractivity contribution in [3.8, 4) is 0 Å². The highest BCUT2D eigenvalue weighted by molar-refractivity contribution is 5.95. The van der Waals surface area contributed by atoms with E-state index >= 15 is 0 Å². The van der Waals surface area contributed by atoms with Gasteiger partial charge in [-0.1, -0.05) is 20.8 Å². The van der Waals surface area contributed by atoms with E-state index in [9.17, 15) is 14.9 Å². The fourth-order valence-electron chi connectivity index (χ4n) is 0.950. The molecule has 0 saturated heterocycles. The maximum Gasteiger partial charge on any atom is 0.387 e. The standard InChI is InChI=1S/C10H13N3O3/c1-10(2,3)9(14)12-7-5-4-6-11-8(7)13(15)16/h4-6H,1-3H3,(H,12,14). The van der Waals surface area contributed by atoms with Gasteiger partial charge in [0.25, 0.3) is 0 Å². The third kappa shape index (κ3) is 2.75. The number of carbonyl (C=O) groups is 1. The maximum atomic E-state index is 11.6. The predicted molar refractivity (Wildman–Crippen MR) is 59.0 cm³/mol. The number of aromatic nitrogens is 1. The van der Waals surface area contributed by atoms with Gasteiger partial charge in [-0.15, -0.1) is 0 Å². The van der Waals surface area contributed by atoms with Crippen molar-refractivity contribution in [2.45, 2.75) is 20.8 Å². The second kappa shape index (κ2) is 4.26. The Kier molecular flexibility index (Phi) is 3.22. The summed E-state index contributed by atoms with van der Waals surface area (Å²) >= 11 is 0. The van der Waals surface area contributed by atoms with Crippen LogP contribution in [0.1, 0.15) is 20.8 Å². The van der Waals surface area contributed by atoms with Crippen LogP contribution in [0.3, 0.4) is 0 Å². The van der Waals surface area contributed by atoms with Crippen LogP contribution in [0.25, 0.3) is 0 Å². The molecule has 86 valence electrons. The molecule has 1 N–H and O–H groups in total. The SMILES string of the molecule is CC(C)(C)C(=O)Nc1cccnc1[N+](=O)[O-]. The minimum atomic E-state index is -0.627. The molecule has 1 aromatic rings. The number of nitrogens with one attached hydrogen (secondary N) is 1. The number of carbonyl (C=O) groups excluding carboxylic acids is 1. The Balaban J connectivity index is 2.98. The summed E-state index contributed by atoms with van der Waals surface area (Å²) in [5.74, 6) is -0.635. The average molecular weight is 223 g/mol. The molecule has 0 bridgehead atoms. The van der Waals surface area contributed by atoms with E-state index in [0.29, 0.717) is 0 Å². The van der Waals surface area contributed by atoms with Crippen molar-refractivity contribution in [3.63, 3.8) is 0 Å². The van der Waals surface area contributed by atoms with Crippen LogP contribution >= 0.6 is 0 Å². The van der Waals surface area contributed by atoms with E-state index in [1.807, 2.05) is 0 Å². The summed E-state index contributed by atoms with van der Waals surface area (Å²) in [6.45, 7) is 5.18. The van der Waals surface area contributed by atoms with Crippen molar-refractivity contribution < 1.29 is 9.72 Å². The van der Waals surface area contributed by atoms with Crippen molar-refractivity contribution >= 4 is 17.4 Å². The lowest BCUT2D eigenvalue weighted by Crippen LogP contribution is -2.28. The van der Waals surface area contributed by atoms with Crippen molar-refractivity contribution in [2.24, 2.45) is 5.41 Å². The summed E-state index contributed by atoms with van der Waals surface area (Å²) in [6.07, 6.45) is 1.31. The molecule has 6 heteroatoms. The number of hydrogen-bond donors (Lipinski definition) is 1. The van der Waals surface area contributed by atoms with Crippen molar-refractivity contribution in [3.05, 3.63) is 28.4 Å². The van der Waals surface area contributed by atoms with Crippen LogP contribution in [-0.4, -0.2) is 15.8 Å². The molecule has 0 aliphatic rings. The van der Waals surface area contributed by atoms with Crippen LogP contribution < -0.4 is 5.32 Å². The quantitative estimate of drug-likeness (QED) is 0.613. The highest BCUT2D eigenvalue weighted by Crippen LogP contribution is 2.23. The van der Waals surface area contributed by atoms with Gasteiger partial charge < -0.3 is 15.4 Å². The summed E-state index contributed by atoms with van der Waals surface area (Å²) in [6, 6.07) is 2.99. The fraction of sp³-hybridized carbons (Fsp3) is 0.400. The molecular weight excluding hydrogens is 210 g/mol. The van der Waals surface area contributed by atoms with Crippen molar-refractivity contribution in [1.82, 2.24) is 4.98 Å². The molecule has 1 heterocycles. The van der Waals surface area contributed by atoms with Gasteiger partial charge >= 0.3 is 5.82 Å². The molecule has 0 fully saturated rings. The van der Waals surface area contributed by atoms with Gasteiger partial charge in [0.1, 0.15) is 11.9 Å². The van der Waals surface area contributed by atoms with Gasteiger partial charge in [0.2, 0.25) is 5.91 Å². The fourth-order valence-corrected chi connectivity index (χ4v) is 0.950. The first kappa shape index (κ1) is 12.1. The Morgan fingerprint density at radius 1 is 1.50 bits per heavy atom. The smallest absolute Gasteiger partial charge is 0.358 e. The van der Waals surface area contributed by atoms with E-state index in [0.717, 1.165) is 0 Å². The molecular formula is C10H13N3O3. The Morgan fingerprint density at radius 3 is 2.62 bits per heavy atom. The van der Waals surface area contributed by atoms with Crippen LogP contribution in [0.5, 0.6) is 0 Å². The van der Waals surface area contributed by atoms with E-state index in [1.165, 1.54) is 18.3 Å². The largest absolute Gasteiger partial charge is 0.387 e. The zero-order valence-electron chi connectivity index (χ0n) is 9.35.